The third-order valence-electron chi connectivity index (χ3n) is 2.94. The van der Waals surface area contributed by atoms with Crippen LogP contribution < -0.4 is 5.73 Å². The highest BCUT2D eigenvalue weighted by atomic mass is 79.9. The Morgan fingerprint density at radius 3 is 2.05 bits per heavy atom. The number of hydrogen-bond donors (Lipinski definition) is 1. The van der Waals surface area contributed by atoms with E-state index in [1.165, 1.54) is 18.9 Å². The van der Waals surface area contributed by atoms with E-state index in [4.69, 9.17) is 5.73 Å². The summed E-state index contributed by atoms with van der Waals surface area (Å²) < 4.78 is 13.0. The second-order valence-electron chi connectivity index (χ2n) is 4.90. The number of carbonyl (C=O) groups excluding carboxylic acids is 1. The van der Waals surface area contributed by atoms with E-state index in [0.29, 0.717) is 4.47 Å². The van der Waals surface area contributed by atoms with Crippen molar-refractivity contribution in [2.24, 2.45) is 11.7 Å². The molecule has 0 aromatic heterocycles. The fourth-order valence-corrected chi connectivity index (χ4v) is 1.52. The van der Waals surface area contributed by atoms with Gasteiger partial charge in [0.25, 0.3) is 0 Å². The molecule has 0 aliphatic rings. The highest BCUT2D eigenvalue weighted by Crippen LogP contribution is 2.15. The van der Waals surface area contributed by atoms with Gasteiger partial charge in [0.05, 0.1) is 11.0 Å². The smallest absolute Gasteiger partial charge is 0.149 e. The first-order valence-corrected chi connectivity index (χ1v) is 8.27. The summed E-state index contributed by atoms with van der Waals surface area (Å²) in [5, 5.41) is 0. The minimum Gasteiger partial charge on any atom is -0.324 e. The second-order valence-corrected chi connectivity index (χ2v) is 5.75. The summed E-state index contributed by atoms with van der Waals surface area (Å²) in [5.41, 5.74) is 6.16. The summed E-state index contributed by atoms with van der Waals surface area (Å²) in [6.45, 7) is 10.4. The highest BCUT2D eigenvalue weighted by molar-refractivity contribution is 9.10. The number of hydrogen-bond acceptors (Lipinski definition) is 2. The van der Waals surface area contributed by atoms with Crippen molar-refractivity contribution in [3.05, 3.63) is 34.1 Å². The van der Waals surface area contributed by atoms with Gasteiger partial charge >= 0.3 is 0 Å². The molecule has 0 saturated heterocycles. The van der Waals surface area contributed by atoms with Crippen LogP contribution in [0.4, 0.5) is 4.39 Å². The third-order valence-corrected chi connectivity index (χ3v) is 3.55. The van der Waals surface area contributed by atoms with Gasteiger partial charge in [-0.1, -0.05) is 46.6 Å². The molecule has 0 heterocycles. The Labute approximate surface area is 137 Å². The number of nitrogens with two attached hydrogens (primary N) is 1. The average molecular weight is 362 g/mol. The first-order valence-electron chi connectivity index (χ1n) is 7.48. The molecule has 4 heteroatoms. The number of unbranched alkanes of at least 4 members (excludes halogenated alkanes) is 1. The highest BCUT2D eigenvalue weighted by Gasteiger charge is 2.06. The van der Waals surface area contributed by atoms with Crippen LogP contribution in [0.25, 0.3) is 0 Å². The monoisotopic (exact) mass is 361 g/mol. The van der Waals surface area contributed by atoms with E-state index in [0.717, 1.165) is 12.0 Å². The number of Topliss-reactive ketones (excluding diaryl/α,β-unsaturated/α-hetero) is 1. The SMILES string of the molecule is CCC(C)C(=O)CN.CCCC.Cc1ccc(F)c(Br)c1. The van der Waals surface area contributed by atoms with Crippen LogP contribution in [0, 0.1) is 18.7 Å². The molecule has 2 N–H and O–H groups in total. The summed E-state index contributed by atoms with van der Waals surface area (Å²) in [4.78, 5) is 10.6. The maximum Gasteiger partial charge on any atom is 0.149 e. The van der Waals surface area contributed by atoms with Crippen molar-refractivity contribution < 1.29 is 9.18 Å². The topological polar surface area (TPSA) is 43.1 Å². The van der Waals surface area contributed by atoms with E-state index in [9.17, 15) is 9.18 Å². The van der Waals surface area contributed by atoms with Crippen LogP contribution in [0.5, 0.6) is 0 Å². The maximum absolute atomic E-state index is 12.5. The molecule has 0 fully saturated rings. The number of ketones is 1. The number of aryl methyl sites for hydroxylation is 1. The largest absolute Gasteiger partial charge is 0.324 e. The molecule has 0 bridgehead atoms. The molecular formula is C17H29BrFNO. The van der Waals surface area contributed by atoms with Crippen LogP contribution in [-0.4, -0.2) is 12.3 Å². The normalized spacial score (nSPS) is 10.7. The predicted octanol–water partition coefficient (Wildman–Crippen LogP) is 5.26. The maximum atomic E-state index is 12.5. The summed E-state index contributed by atoms with van der Waals surface area (Å²) in [6.07, 6.45) is 3.54. The van der Waals surface area contributed by atoms with Gasteiger partial charge in [0.1, 0.15) is 11.6 Å². The minimum absolute atomic E-state index is 0.153. The Morgan fingerprint density at radius 1 is 1.29 bits per heavy atom. The zero-order chi connectivity index (χ0) is 16.8. The van der Waals surface area contributed by atoms with Crippen LogP contribution >= 0.6 is 15.9 Å². The molecule has 0 aliphatic heterocycles. The van der Waals surface area contributed by atoms with Crippen molar-refractivity contribution in [1.29, 1.82) is 0 Å². The van der Waals surface area contributed by atoms with E-state index in [-0.39, 0.29) is 24.1 Å². The lowest BCUT2D eigenvalue weighted by Gasteiger charge is -2.01. The van der Waals surface area contributed by atoms with Gasteiger partial charge in [0, 0.05) is 5.92 Å². The van der Waals surface area contributed by atoms with Gasteiger partial charge < -0.3 is 5.73 Å². The van der Waals surface area contributed by atoms with Crippen molar-refractivity contribution in [3.8, 4) is 0 Å². The Kier molecular flexibility index (Phi) is 15.2. The molecule has 1 aromatic carbocycles. The fraction of sp³-hybridized carbons (Fsp3) is 0.588. The molecule has 0 amide bonds. The van der Waals surface area contributed by atoms with Crippen LogP contribution in [0.2, 0.25) is 0 Å². The lowest BCUT2D eigenvalue weighted by atomic mass is 10.0. The minimum atomic E-state index is -0.208. The van der Waals surface area contributed by atoms with Gasteiger partial charge in [-0.05, 0) is 47.0 Å². The van der Waals surface area contributed by atoms with Gasteiger partial charge in [0.15, 0.2) is 0 Å². The van der Waals surface area contributed by atoms with Crippen LogP contribution in [0.3, 0.4) is 0 Å². The molecule has 21 heavy (non-hydrogen) atoms. The van der Waals surface area contributed by atoms with Crippen LogP contribution in [0.15, 0.2) is 22.7 Å². The number of benzene rings is 1. The Hall–Kier alpha value is -0.740. The van der Waals surface area contributed by atoms with Crippen molar-refractivity contribution >= 4 is 21.7 Å². The van der Waals surface area contributed by atoms with E-state index in [2.05, 4.69) is 29.8 Å². The Morgan fingerprint density at radius 2 is 1.81 bits per heavy atom. The zero-order valence-corrected chi connectivity index (χ0v) is 15.5. The lowest BCUT2D eigenvalue weighted by molar-refractivity contribution is -0.121. The van der Waals surface area contributed by atoms with Gasteiger partial charge in [-0.15, -0.1) is 0 Å². The molecule has 0 saturated carbocycles. The third kappa shape index (κ3) is 12.7. The fourth-order valence-electron chi connectivity index (χ4n) is 1.03. The van der Waals surface area contributed by atoms with Crippen molar-refractivity contribution in [2.75, 3.05) is 6.54 Å². The lowest BCUT2D eigenvalue weighted by Crippen LogP contribution is -2.20. The summed E-state index contributed by atoms with van der Waals surface area (Å²) >= 11 is 3.07. The van der Waals surface area contributed by atoms with Gasteiger partial charge in [-0.2, -0.15) is 0 Å². The van der Waals surface area contributed by atoms with Crippen LogP contribution in [0.1, 0.15) is 52.5 Å². The Bertz CT molecular complexity index is 394. The number of halogens is 2. The van der Waals surface area contributed by atoms with Crippen molar-refractivity contribution in [1.82, 2.24) is 0 Å². The van der Waals surface area contributed by atoms with Crippen molar-refractivity contribution in [3.63, 3.8) is 0 Å². The standard InChI is InChI=1S/C7H6BrF.C6H13NO.C4H10/c1-5-2-3-7(9)6(8)4-5;1-3-5(2)6(8)4-7;1-3-4-2/h2-4H,1H3;5H,3-4,7H2,1-2H3;3-4H2,1-2H3. The van der Waals surface area contributed by atoms with Gasteiger partial charge in [-0.25, -0.2) is 4.39 Å². The van der Waals surface area contributed by atoms with E-state index in [1.807, 2.05) is 20.8 Å². The molecule has 1 unspecified atom stereocenters. The van der Waals surface area contributed by atoms with Crippen molar-refractivity contribution in [2.45, 2.75) is 53.9 Å². The summed E-state index contributed by atoms with van der Waals surface area (Å²) in [5.74, 6) is 0.105. The molecule has 2 nitrogen and oxygen atoms in total. The van der Waals surface area contributed by atoms with Crippen LogP contribution in [-0.2, 0) is 4.79 Å². The van der Waals surface area contributed by atoms with Gasteiger partial charge in [-0.3, -0.25) is 4.79 Å². The van der Waals surface area contributed by atoms with E-state index < -0.39 is 0 Å². The van der Waals surface area contributed by atoms with E-state index in [1.54, 1.807) is 12.1 Å². The van der Waals surface area contributed by atoms with Gasteiger partial charge in [0.2, 0.25) is 0 Å². The summed E-state index contributed by atoms with van der Waals surface area (Å²) in [6, 6.07) is 4.93. The second kappa shape index (κ2) is 14.2. The first-order chi connectivity index (χ1) is 9.83. The molecule has 1 aromatic rings. The predicted molar refractivity (Wildman–Crippen MR) is 92.9 cm³/mol. The summed E-state index contributed by atoms with van der Waals surface area (Å²) in [7, 11) is 0. The molecule has 1 rings (SSSR count). The molecule has 1 atom stereocenters. The first kappa shape index (κ1) is 22.5. The Balaban J connectivity index is 0. The zero-order valence-electron chi connectivity index (χ0n) is 13.9. The molecule has 0 radical (unpaired) electrons. The molecular weight excluding hydrogens is 333 g/mol. The molecule has 0 spiro atoms. The average Bonchev–Trinajstić information content (AvgIpc) is 2.50. The van der Waals surface area contributed by atoms with E-state index >= 15 is 0 Å². The number of carbonyl (C=O) groups is 1. The number of rotatable bonds is 4. The molecule has 0 aliphatic carbocycles. The molecule has 122 valence electrons. The quantitative estimate of drug-likeness (QED) is 0.794.